The van der Waals surface area contributed by atoms with Crippen molar-refractivity contribution in [2.24, 2.45) is 0 Å². The Morgan fingerprint density at radius 1 is 1.55 bits per heavy atom. The SMILES string of the molecule is CCC/C([SiH2]C)=C(/C)C(=O)O. The topological polar surface area (TPSA) is 37.3 Å². The minimum absolute atomic E-state index is 0.274. The van der Waals surface area contributed by atoms with Gasteiger partial charge in [-0.25, -0.2) is 4.79 Å². The summed E-state index contributed by atoms with van der Waals surface area (Å²) >= 11 is 0. The molecule has 0 aliphatic rings. The van der Waals surface area contributed by atoms with Crippen LogP contribution in [0.15, 0.2) is 10.8 Å². The maximum Gasteiger partial charge on any atom is 0.330 e. The van der Waals surface area contributed by atoms with E-state index >= 15 is 0 Å². The van der Waals surface area contributed by atoms with Crippen LogP contribution in [0.4, 0.5) is 0 Å². The van der Waals surface area contributed by atoms with Crippen molar-refractivity contribution in [1.82, 2.24) is 0 Å². The van der Waals surface area contributed by atoms with E-state index in [2.05, 4.69) is 13.5 Å². The number of allylic oxidation sites excluding steroid dienone is 1. The summed E-state index contributed by atoms with van der Waals surface area (Å²) < 4.78 is 0. The van der Waals surface area contributed by atoms with Crippen molar-refractivity contribution in [2.75, 3.05) is 0 Å². The lowest BCUT2D eigenvalue weighted by molar-refractivity contribution is -0.132. The molecule has 1 N–H and O–H groups in total. The number of carboxylic acid groups (broad SMARTS) is 1. The van der Waals surface area contributed by atoms with Gasteiger partial charge in [0.25, 0.3) is 0 Å². The van der Waals surface area contributed by atoms with Crippen molar-refractivity contribution in [2.45, 2.75) is 33.2 Å². The standard InChI is InChI=1S/C8H16O2Si/c1-4-5-7(11-3)6(2)8(9)10/h4-5,11H2,1-3H3,(H,9,10)/b7-6+. The zero-order valence-electron chi connectivity index (χ0n) is 7.48. The Morgan fingerprint density at radius 2 is 2.09 bits per heavy atom. The van der Waals surface area contributed by atoms with Gasteiger partial charge in [0.1, 0.15) is 0 Å². The van der Waals surface area contributed by atoms with E-state index in [-0.39, 0.29) is 9.52 Å². The molecule has 0 radical (unpaired) electrons. The average molecular weight is 172 g/mol. The zero-order chi connectivity index (χ0) is 8.85. The molecule has 0 saturated heterocycles. The van der Waals surface area contributed by atoms with Crippen LogP contribution in [0.3, 0.4) is 0 Å². The first-order chi connectivity index (χ1) is 5.13. The van der Waals surface area contributed by atoms with Crippen LogP contribution in [0.1, 0.15) is 26.7 Å². The molecule has 0 unspecified atom stereocenters. The monoisotopic (exact) mass is 172 g/mol. The van der Waals surface area contributed by atoms with E-state index in [1.165, 1.54) is 5.20 Å². The maximum absolute atomic E-state index is 10.5. The molecule has 0 aliphatic carbocycles. The molecule has 0 aliphatic heterocycles. The lowest BCUT2D eigenvalue weighted by atomic mass is 10.2. The van der Waals surface area contributed by atoms with Gasteiger partial charge in [0.2, 0.25) is 0 Å². The first-order valence-electron chi connectivity index (χ1n) is 4.05. The van der Waals surface area contributed by atoms with Crippen LogP contribution in [0.2, 0.25) is 6.55 Å². The van der Waals surface area contributed by atoms with Crippen molar-refractivity contribution in [1.29, 1.82) is 0 Å². The number of carboxylic acids is 1. The predicted octanol–water partition coefficient (Wildman–Crippen LogP) is 1.36. The lowest BCUT2D eigenvalue weighted by Gasteiger charge is -2.04. The summed E-state index contributed by atoms with van der Waals surface area (Å²) in [6, 6.07) is 0. The highest BCUT2D eigenvalue weighted by Crippen LogP contribution is 2.09. The summed E-state index contributed by atoms with van der Waals surface area (Å²) in [6.45, 7) is 5.93. The van der Waals surface area contributed by atoms with Gasteiger partial charge in [-0.3, -0.25) is 0 Å². The molecular formula is C8H16O2Si. The molecule has 2 nitrogen and oxygen atoms in total. The van der Waals surface area contributed by atoms with Crippen LogP contribution in [0.5, 0.6) is 0 Å². The van der Waals surface area contributed by atoms with Crippen molar-refractivity contribution >= 4 is 15.5 Å². The average Bonchev–Trinajstić information content (AvgIpc) is 1.98. The minimum atomic E-state index is -0.747. The molecule has 0 saturated carbocycles. The fourth-order valence-corrected chi connectivity index (χ4v) is 2.47. The molecule has 3 heteroatoms. The van der Waals surface area contributed by atoms with E-state index in [4.69, 9.17) is 5.11 Å². The molecule has 0 fully saturated rings. The van der Waals surface area contributed by atoms with Crippen molar-refractivity contribution < 1.29 is 9.90 Å². The second-order valence-corrected chi connectivity index (χ2v) is 4.20. The molecule has 0 spiro atoms. The number of hydrogen-bond donors (Lipinski definition) is 1. The largest absolute Gasteiger partial charge is 0.478 e. The van der Waals surface area contributed by atoms with Crippen LogP contribution < -0.4 is 0 Å². The van der Waals surface area contributed by atoms with Crippen LogP contribution in [-0.2, 0) is 4.79 Å². The number of rotatable bonds is 4. The van der Waals surface area contributed by atoms with Crippen LogP contribution in [-0.4, -0.2) is 20.6 Å². The van der Waals surface area contributed by atoms with Gasteiger partial charge in [-0.1, -0.05) is 25.1 Å². The number of carbonyl (C=O) groups is 1. The summed E-state index contributed by atoms with van der Waals surface area (Å²) in [5, 5.41) is 9.88. The van der Waals surface area contributed by atoms with Crippen LogP contribution in [0.25, 0.3) is 0 Å². The van der Waals surface area contributed by atoms with E-state index < -0.39 is 5.97 Å². The zero-order valence-corrected chi connectivity index (χ0v) is 8.89. The summed E-state index contributed by atoms with van der Waals surface area (Å²) in [5.74, 6) is -0.747. The molecule has 11 heavy (non-hydrogen) atoms. The summed E-state index contributed by atoms with van der Waals surface area (Å²) in [6.07, 6.45) is 2.03. The second kappa shape index (κ2) is 5.13. The van der Waals surface area contributed by atoms with E-state index in [0.717, 1.165) is 12.8 Å². The van der Waals surface area contributed by atoms with E-state index in [1.54, 1.807) is 6.92 Å². The molecule has 0 aromatic rings. The van der Waals surface area contributed by atoms with Gasteiger partial charge in [-0.15, -0.1) is 0 Å². The van der Waals surface area contributed by atoms with Crippen LogP contribution >= 0.6 is 0 Å². The molecule has 64 valence electrons. The molecule has 0 rings (SSSR count). The quantitative estimate of drug-likeness (QED) is 0.513. The lowest BCUT2D eigenvalue weighted by Crippen LogP contribution is -2.04. The Kier molecular flexibility index (Phi) is 4.86. The molecule has 0 atom stereocenters. The third-order valence-corrected chi connectivity index (χ3v) is 3.57. The highest BCUT2D eigenvalue weighted by atomic mass is 28.2. The predicted molar refractivity (Wildman–Crippen MR) is 49.7 cm³/mol. The van der Waals surface area contributed by atoms with Gasteiger partial charge in [-0.05, 0) is 13.3 Å². The van der Waals surface area contributed by atoms with Crippen molar-refractivity contribution in [3.05, 3.63) is 10.8 Å². The minimum Gasteiger partial charge on any atom is -0.478 e. The number of hydrogen-bond acceptors (Lipinski definition) is 1. The highest BCUT2D eigenvalue weighted by molar-refractivity contribution is 6.44. The van der Waals surface area contributed by atoms with Crippen LogP contribution in [0, 0.1) is 0 Å². The van der Waals surface area contributed by atoms with Crippen molar-refractivity contribution in [3.63, 3.8) is 0 Å². The third-order valence-electron chi connectivity index (χ3n) is 1.83. The number of aliphatic carboxylic acids is 1. The summed E-state index contributed by atoms with van der Waals surface area (Å²) in [7, 11) is -0.274. The first kappa shape index (κ1) is 10.4. The Bertz CT molecular complexity index is 173. The third kappa shape index (κ3) is 3.37. The Balaban J connectivity index is 4.39. The Morgan fingerprint density at radius 3 is 2.36 bits per heavy atom. The van der Waals surface area contributed by atoms with E-state index in [9.17, 15) is 4.79 Å². The van der Waals surface area contributed by atoms with Gasteiger partial charge in [0.05, 0.1) is 0 Å². The van der Waals surface area contributed by atoms with Gasteiger partial charge in [-0.2, -0.15) is 0 Å². The highest BCUT2D eigenvalue weighted by Gasteiger charge is 2.05. The van der Waals surface area contributed by atoms with Gasteiger partial charge in [0, 0.05) is 15.1 Å². The Labute approximate surface area is 70.1 Å². The summed E-state index contributed by atoms with van der Waals surface area (Å²) in [5.41, 5.74) is 0.584. The maximum atomic E-state index is 10.5. The smallest absolute Gasteiger partial charge is 0.330 e. The molecule has 0 heterocycles. The molecule has 0 amide bonds. The van der Waals surface area contributed by atoms with Gasteiger partial charge in [0.15, 0.2) is 0 Å². The molecule has 0 bridgehead atoms. The van der Waals surface area contributed by atoms with Gasteiger partial charge >= 0.3 is 5.97 Å². The normalized spacial score (nSPS) is 13.7. The van der Waals surface area contributed by atoms with E-state index in [1.807, 2.05) is 0 Å². The summed E-state index contributed by atoms with van der Waals surface area (Å²) in [4.78, 5) is 10.5. The second-order valence-electron chi connectivity index (χ2n) is 2.64. The molecule has 0 aromatic carbocycles. The first-order valence-corrected chi connectivity index (χ1v) is 6.17. The van der Waals surface area contributed by atoms with E-state index in [0.29, 0.717) is 5.57 Å². The van der Waals surface area contributed by atoms with Gasteiger partial charge < -0.3 is 5.11 Å². The Hall–Kier alpha value is -0.573. The molecule has 0 aromatic heterocycles. The molecular weight excluding hydrogens is 156 g/mol. The fourth-order valence-electron chi connectivity index (χ4n) is 1.08. The van der Waals surface area contributed by atoms with Crippen molar-refractivity contribution in [3.8, 4) is 0 Å². The fraction of sp³-hybridized carbons (Fsp3) is 0.625.